The van der Waals surface area contributed by atoms with E-state index in [0.717, 1.165) is 66.6 Å². The molecule has 0 bridgehead atoms. The van der Waals surface area contributed by atoms with Crippen LogP contribution in [-0.4, -0.2) is 0 Å². The fourth-order valence-electron chi connectivity index (χ4n) is 8.66. The van der Waals surface area contributed by atoms with Crippen molar-refractivity contribution in [3.8, 4) is 44.5 Å². The molecule has 10 aromatic carbocycles. The van der Waals surface area contributed by atoms with Crippen LogP contribution < -0.4 is 4.90 Å². The lowest BCUT2D eigenvalue weighted by atomic mass is 9.96. The molecule has 0 saturated heterocycles. The van der Waals surface area contributed by atoms with Gasteiger partial charge in [-0.15, -0.1) is 0 Å². The van der Waals surface area contributed by atoms with Crippen molar-refractivity contribution in [2.45, 2.75) is 0 Å². The second-order valence-corrected chi connectivity index (χ2v) is 14.9. The molecule has 0 aliphatic rings. The van der Waals surface area contributed by atoms with Gasteiger partial charge in [-0.3, -0.25) is 0 Å². The minimum absolute atomic E-state index is 0.894. The molecule has 1 aromatic heterocycles. The van der Waals surface area contributed by atoms with Gasteiger partial charge in [-0.05, 0) is 115 Å². The number of benzene rings is 10. The zero-order valence-corrected chi connectivity index (χ0v) is 31.7. The molecule has 0 atom stereocenters. The van der Waals surface area contributed by atoms with E-state index in [4.69, 9.17) is 4.42 Å². The molecule has 0 aliphatic heterocycles. The molecule has 11 rings (SSSR count). The Hall–Kier alpha value is -7.68. The number of rotatable bonds is 7. The van der Waals surface area contributed by atoms with Gasteiger partial charge in [0.1, 0.15) is 11.2 Å². The van der Waals surface area contributed by atoms with Crippen LogP contribution in [0, 0.1) is 0 Å². The topological polar surface area (TPSA) is 16.4 Å². The Morgan fingerprint density at radius 1 is 0.293 bits per heavy atom. The summed E-state index contributed by atoms with van der Waals surface area (Å²) in [7, 11) is 0. The van der Waals surface area contributed by atoms with Crippen LogP contribution in [0.25, 0.3) is 88.0 Å². The first kappa shape index (κ1) is 33.6. The molecule has 0 radical (unpaired) electrons. The maximum absolute atomic E-state index is 6.57. The molecular weight excluding hydrogens is 703 g/mol. The number of anilines is 3. The molecule has 0 spiro atoms. The van der Waals surface area contributed by atoms with Crippen molar-refractivity contribution in [2.75, 3.05) is 4.90 Å². The zero-order chi connectivity index (χ0) is 38.4. The monoisotopic (exact) mass is 739 g/mol. The quantitative estimate of drug-likeness (QED) is 0.162. The van der Waals surface area contributed by atoms with Gasteiger partial charge in [0.05, 0.1) is 0 Å². The van der Waals surface area contributed by atoms with E-state index in [1.165, 1.54) is 38.4 Å². The second-order valence-electron chi connectivity index (χ2n) is 14.9. The van der Waals surface area contributed by atoms with Gasteiger partial charge in [0.15, 0.2) is 0 Å². The Bertz CT molecular complexity index is 3210. The lowest BCUT2D eigenvalue weighted by molar-refractivity contribution is 0.673. The lowest BCUT2D eigenvalue weighted by Gasteiger charge is -2.27. The number of hydrogen-bond acceptors (Lipinski definition) is 2. The second kappa shape index (κ2) is 14.1. The summed E-state index contributed by atoms with van der Waals surface area (Å²) < 4.78 is 6.57. The largest absolute Gasteiger partial charge is 0.455 e. The van der Waals surface area contributed by atoms with Gasteiger partial charge in [0.25, 0.3) is 0 Å². The van der Waals surface area contributed by atoms with E-state index in [0.29, 0.717) is 0 Å². The molecule has 2 nitrogen and oxygen atoms in total. The molecule has 0 unspecified atom stereocenters. The van der Waals surface area contributed by atoms with Crippen LogP contribution >= 0.6 is 0 Å². The highest BCUT2D eigenvalue weighted by Gasteiger charge is 2.19. The van der Waals surface area contributed by atoms with Crippen LogP contribution in [-0.2, 0) is 0 Å². The molecule has 0 fully saturated rings. The average Bonchev–Trinajstić information content (AvgIpc) is 3.70. The Balaban J connectivity index is 1.10. The smallest absolute Gasteiger partial charge is 0.143 e. The minimum atomic E-state index is 0.894. The summed E-state index contributed by atoms with van der Waals surface area (Å²) in [4.78, 5) is 2.40. The van der Waals surface area contributed by atoms with E-state index in [9.17, 15) is 0 Å². The number of nitrogens with zero attached hydrogens (tertiary/aromatic N) is 1. The Morgan fingerprint density at radius 2 is 0.862 bits per heavy atom. The van der Waals surface area contributed by atoms with E-state index < -0.39 is 0 Å². The van der Waals surface area contributed by atoms with Crippen LogP contribution in [0.5, 0.6) is 0 Å². The molecule has 0 aliphatic carbocycles. The third-order valence-corrected chi connectivity index (χ3v) is 11.4. The number of fused-ring (bicyclic) bond motifs is 6. The summed E-state index contributed by atoms with van der Waals surface area (Å²) in [5.74, 6) is 0. The third-order valence-electron chi connectivity index (χ3n) is 11.4. The summed E-state index contributed by atoms with van der Waals surface area (Å²) in [5, 5.41) is 7.05. The third kappa shape index (κ3) is 5.91. The predicted octanol–water partition coefficient (Wildman–Crippen LogP) is 16.0. The number of furan rings is 1. The highest BCUT2D eigenvalue weighted by Crippen LogP contribution is 2.44. The summed E-state index contributed by atoms with van der Waals surface area (Å²) in [6.45, 7) is 0. The highest BCUT2D eigenvalue weighted by molar-refractivity contribution is 6.19. The van der Waals surface area contributed by atoms with Gasteiger partial charge in [-0.1, -0.05) is 170 Å². The first-order valence-corrected chi connectivity index (χ1v) is 19.8. The van der Waals surface area contributed by atoms with Crippen molar-refractivity contribution in [3.63, 3.8) is 0 Å². The van der Waals surface area contributed by atoms with Crippen molar-refractivity contribution < 1.29 is 4.42 Å². The normalized spacial score (nSPS) is 11.4. The van der Waals surface area contributed by atoms with Crippen LogP contribution in [0.2, 0.25) is 0 Å². The molecule has 272 valence electrons. The zero-order valence-electron chi connectivity index (χ0n) is 31.7. The van der Waals surface area contributed by atoms with Crippen molar-refractivity contribution in [3.05, 3.63) is 224 Å². The molecule has 0 N–H and O–H groups in total. The Kier molecular flexibility index (Phi) is 8.19. The number of hydrogen-bond donors (Lipinski definition) is 0. The van der Waals surface area contributed by atoms with Crippen molar-refractivity contribution in [2.24, 2.45) is 0 Å². The van der Waals surface area contributed by atoms with E-state index in [2.05, 4.69) is 229 Å². The maximum Gasteiger partial charge on any atom is 0.143 e. The Labute approximate surface area is 337 Å². The summed E-state index contributed by atoms with van der Waals surface area (Å²) >= 11 is 0. The molecule has 58 heavy (non-hydrogen) atoms. The van der Waals surface area contributed by atoms with Crippen LogP contribution in [0.15, 0.2) is 229 Å². The van der Waals surface area contributed by atoms with E-state index in [1.807, 2.05) is 0 Å². The fourth-order valence-corrected chi connectivity index (χ4v) is 8.66. The average molecular weight is 740 g/mol. The first-order chi connectivity index (χ1) is 28.7. The van der Waals surface area contributed by atoms with Crippen LogP contribution in [0.1, 0.15) is 0 Å². The molecule has 0 saturated carbocycles. The van der Waals surface area contributed by atoms with E-state index in [-0.39, 0.29) is 0 Å². The standard InChI is InChI=1S/C56H37NO/c1-3-14-38(15-4-1)44-34-45(39-16-5-2-6-17-39)37-48(36-44)57(47-22-11-21-43(35-47)50-25-12-20-40-18-7-9-23-49(40)50)46-31-28-42(29-32-46)51-26-13-27-54-55(51)53-33-30-41-19-8-10-24-52(41)56(53)58-54/h1-37H. The predicted molar refractivity (Wildman–Crippen MR) is 245 cm³/mol. The molecular formula is C56H37NO. The molecule has 1 heterocycles. The maximum atomic E-state index is 6.57. The first-order valence-electron chi connectivity index (χ1n) is 19.8. The SMILES string of the molecule is c1ccc(-c2cc(-c3ccccc3)cc(N(c3ccc(-c4cccc5oc6c7ccccc7ccc6c45)cc3)c3cccc(-c4cccc5ccccc45)c3)c2)cc1. The van der Waals surface area contributed by atoms with Gasteiger partial charge in [-0.2, -0.15) is 0 Å². The molecule has 11 aromatic rings. The van der Waals surface area contributed by atoms with Crippen LogP contribution in [0.3, 0.4) is 0 Å². The van der Waals surface area contributed by atoms with Crippen molar-refractivity contribution in [1.29, 1.82) is 0 Å². The van der Waals surface area contributed by atoms with Gasteiger partial charge in [0, 0.05) is 33.2 Å². The van der Waals surface area contributed by atoms with Gasteiger partial charge in [0.2, 0.25) is 0 Å². The summed E-state index contributed by atoms with van der Waals surface area (Å²) in [5.41, 5.74) is 14.4. The van der Waals surface area contributed by atoms with Gasteiger partial charge in [-0.25, -0.2) is 0 Å². The van der Waals surface area contributed by atoms with Gasteiger partial charge >= 0.3 is 0 Å². The molecule has 0 amide bonds. The van der Waals surface area contributed by atoms with Crippen LogP contribution in [0.4, 0.5) is 17.1 Å². The van der Waals surface area contributed by atoms with E-state index in [1.54, 1.807) is 0 Å². The highest BCUT2D eigenvalue weighted by atomic mass is 16.3. The van der Waals surface area contributed by atoms with Gasteiger partial charge < -0.3 is 9.32 Å². The van der Waals surface area contributed by atoms with Crippen molar-refractivity contribution >= 4 is 60.5 Å². The van der Waals surface area contributed by atoms with E-state index >= 15 is 0 Å². The Morgan fingerprint density at radius 3 is 1.60 bits per heavy atom. The fraction of sp³-hybridized carbons (Fsp3) is 0. The lowest BCUT2D eigenvalue weighted by Crippen LogP contribution is -2.10. The minimum Gasteiger partial charge on any atom is -0.455 e. The molecule has 2 heteroatoms. The summed E-state index contributed by atoms with van der Waals surface area (Å²) in [6, 6.07) is 80.7. The summed E-state index contributed by atoms with van der Waals surface area (Å²) in [6.07, 6.45) is 0. The van der Waals surface area contributed by atoms with Crippen molar-refractivity contribution in [1.82, 2.24) is 0 Å².